The molecule has 0 saturated carbocycles. The largest absolute Gasteiger partial charge is 0.437 e. The van der Waals surface area contributed by atoms with Crippen LogP contribution in [0.15, 0.2) is 40.7 Å². The summed E-state index contributed by atoms with van der Waals surface area (Å²) in [6.07, 6.45) is -9.72. The number of nitrogens with zero attached hydrogens (tertiary/aromatic N) is 2. The fourth-order valence-corrected chi connectivity index (χ4v) is 4.58. The van der Waals surface area contributed by atoms with E-state index in [1.807, 2.05) is 0 Å². The molecule has 0 spiro atoms. The molecule has 1 aromatic heterocycles. The Morgan fingerprint density at radius 1 is 1.18 bits per heavy atom. The van der Waals surface area contributed by atoms with Crippen molar-refractivity contribution in [2.45, 2.75) is 24.6 Å². The zero-order valence-corrected chi connectivity index (χ0v) is 16.1. The minimum atomic E-state index is -4.98. The zero-order valence-electron chi connectivity index (χ0n) is 13.7. The van der Waals surface area contributed by atoms with Crippen molar-refractivity contribution >= 4 is 45.6 Å². The van der Waals surface area contributed by atoms with Gasteiger partial charge < -0.3 is 10.0 Å². The van der Waals surface area contributed by atoms with E-state index in [2.05, 4.69) is 4.99 Å². The summed E-state index contributed by atoms with van der Waals surface area (Å²) >= 11 is 7.36. The summed E-state index contributed by atoms with van der Waals surface area (Å²) in [6.45, 7) is -0.292. The van der Waals surface area contributed by atoms with Crippen LogP contribution in [0.1, 0.15) is 10.4 Å². The van der Waals surface area contributed by atoms with Gasteiger partial charge in [0, 0.05) is 4.88 Å². The van der Waals surface area contributed by atoms with E-state index in [4.69, 9.17) is 11.6 Å². The molecule has 1 aliphatic rings. The molecule has 1 N–H and O–H groups in total. The third kappa shape index (κ3) is 4.12. The number of thioether (sulfide) groups is 1. The summed E-state index contributed by atoms with van der Waals surface area (Å²) in [5.74, 6) is -0.750. The Balaban J connectivity index is 2.02. The number of aliphatic imine (C=N–C) groups is 1. The third-order valence-electron chi connectivity index (χ3n) is 3.91. The fraction of sp³-hybridized carbons (Fsp3) is 0.312. The third-order valence-corrected chi connectivity index (χ3v) is 6.22. The average Bonchev–Trinajstić information content (AvgIpc) is 3.19. The molecule has 1 unspecified atom stereocenters. The lowest BCUT2D eigenvalue weighted by molar-refractivity contribution is -0.290. The standard InChI is InChI=1S/C16H11ClF6N2OS2/c17-12-4-3-9(6-11(12)15(18,19)20)24-13-25(7-10-2-1-5-27-10)14(26,8-28-13)16(21,22)23/h1-6,26H,7-8H2. The molecule has 0 amide bonds. The van der Waals surface area contributed by atoms with Crippen molar-refractivity contribution < 1.29 is 31.4 Å². The number of thiophene rings is 1. The van der Waals surface area contributed by atoms with E-state index < -0.39 is 34.4 Å². The molecule has 0 aliphatic carbocycles. The van der Waals surface area contributed by atoms with E-state index in [0.717, 1.165) is 6.07 Å². The Kier molecular flexibility index (Phi) is 5.65. The highest BCUT2D eigenvalue weighted by Crippen LogP contribution is 2.45. The highest BCUT2D eigenvalue weighted by Gasteiger charge is 2.62. The van der Waals surface area contributed by atoms with Crippen LogP contribution in [-0.4, -0.2) is 32.8 Å². The molecule has 152 valence electrons. The number of halogens is 7. The van der Waals surface area contributed by atoms with Crippen LogP contribution < -0.4 is 0 Å². The monoisotopic (exact) mass is 460 g/mol. The van der Waals surface area contributed by atoms with Gasteiger partial charge in [-0.3, -0.25) is 0 Å². The SMILES string of the molecule is OC1(C(F)(F)F)CSC(=Nc2ccc(Cl)c(C(F)(F)F)c2)N1Cc1cccs1. The maximum atomic E-state index is 13.5. The quantitative estimate of drug-likeness (QED) is 0.579. The number of rotatable bonds is 3. The van der Waals surface area contributed by atoms with Crippen LogP contribution in [0.4, 0.5) is 32.0 Å². The van der Waals surface area contributed by atoms with Gasteiger partial charge in [0.1, 0.15) is 0 Å². The average molecular weight is 461 g/mol. The Morgan fingerprint density at radius 3 is 2.46 bits per heavy atom. The van der Waals surface area contributed by atoms with Crippen molar-refractivity contribution in [3.8, 4) is 0 Å². The van der Waals surface area contributed by atoms with E-state index in [9.17, 15) is 31.4 Å². The Bertz CT molecular complexity index is 884. The van der Waals surface area contributed by atoms with Gasteiger partial charge in [0.25, 0.3) is 0 Å². The van der Waals surface area contributed by atoms with Crippen molar-refractivity contribution in [1.29, 1.82) is 0 Å². The van der Waals surface area contributed by atoms with Crippen molar-refractivity contribution in [2.24, 2.45) is 4.99 Å². The van der Waals surface area contributed by atoms with Crippen molar-refractivity contribution in [2.75, 3.05) is 5.75 Å². The Labute approximate surface area is 168 Å². The van der Waals surface area contributed by atoms with Crippen LogP contribution in [0.2, 0.25) is 5.02 Å². The van der Waals surface area contributed by atoms with Gasteiger partial charge in [0.15, 0.2) is 5.17 Å². The molecule has 1 saturated heterocycles. The summed E-state index contributed by atoms with van der Waals surface area (Å²) in [5.41, 5.74) is -4.54. The molecule has 0 bridgehead atoms. The first-order chi connectivity index (χ1) is 12.9. The Hall–Kier alpha value is -1.43. The number of benzene rings is 1. The van der Waals surface area contributed by atoms with Crippen molar-refractivity contribution in [3.63, 3.8) is 0 Å². The summed E-state index contributed by atoms with van der Waals surface area (Å²) in [7, 11) is 0. The molecule has 3 rings (SSSR count). The van der Waals surface area contributed by atoms with Crippen LogP contribution in [0, 0.1) is 0 Å². The lowest BCUT2D eigenvalue weighted by Gasteiger charge is -2.35. The van der Waals surface area contributed by atoms with Crippen molar-refractivity contribution in [3.05, 3.63) is 51.2 Å². The minimum Gasteiger partial charge on any atom is -0.363 e. The van der Waals surface area contributed by atoms with Crippen LogP contribution in [-0.2, 0) is 12.7 Å². The summed E-state index contributed by atoms with van der Waals surface area (Å²) in [4.78, 5) is 5.13. The first-order valence-corrected chi connectivity index (χ1v) is 9.83. The highest BCUT2D eigenvalue weighted by molar-refractivity contribution is 8.14. The minimum absolute atomic E-state index is 0.221. The highest BCUT2D eigenvalue weighted by atomic mass is 35.5. The molecule has 0 radical (unpaired) electrons. The molecular weight excluding hydrogens is 450 g/mol. The van der Waals surface area contributed by atoms with E-state index in [0.29, 0.717) is 27.6 Å². The van der Waals surface area contributed by atoms with E-state index in [1.165, 1.54) is 17.4 Å². The maximum absolute atomic E-state index is 13.5. The smallest absolute Gasteiger partial charge is 0.363 e. The molecule has 1 aromatic carbocycles. The molecule has 28 heavy (non-hydrogen) atoms. The molecule has 2 heterocycles. The van der Waals surface area contributed by atoms with Gasteiger partial charge in [-0.05, 0) is 29.6 Å². The molecule has 2 aromatic rings. The second-order valence-electron chi connectivity index (χ2n) is 5.82. The number of hydrogen-bond donors (Lipinski definition) is 1. The van der Waals surface area contributed by atoms with Gasteiger partial charge in [-0.25, -0.2) is 4.99 Å². The van der Waals surface area contributed by atoms with Crippen molar-refractivity contribution in [1.82, 2.24) is 4.90 Å². The van der Waals surface area contributed by atoms with E-state index >= 15 is 0 Å². The summed E-state index contributed by atoms with van der Waals surface area (Å²) < 4.78 is 79.5. The topological polar surface area (TPSA) is 35.8 Å². The summed E-state index contributed by atoms with van der Waals surface area (Å²) in [5, 5.41) is 11.2. The molecule has 1 aliphatic heterocycles. The van der Waals surface area contributed by atoms with E-state index in [1.54, 1.807) is 17.5 Å². The van der Waals surface area contributed by atoms with Gasteiger partial charge in [-0.1, -0.05) is 29.4 Å². The molecule has 3 nitrogen and oxygen atoms in total. The van der Waals surface area contributed by atoms with Crippen LogP contribution in [0.5, 0.6) is 0 Å². The number of aliphatic hydroxyl groups is 1. The predicted octanol–water partition coefficient (Wildman–Crippen LogP) is 5.91. The maximum Gasteiger partial charge on any atom is 0.437 e. The number of hydrogen-bond acceptors (Lipinski definition) is 4. The zero-order chi connectivity index (χ0) is 20.7. The second kappa shape index (κ2) is 7.43. The lowest BCUT2D eigenvalue weighted by Crippen LogP contribution is -2.57. The summed E-state index contributed by atoms with van der Waals surface area (Å²) in [6, 6.07) is 6.03. The molecule has 12 heteroatoms. The molecule has 1 fully saturated rings. The first kappa shape index (κ1) is 21.3. The molecular formula is C16H11ClF6N2OS2. The van der Waals surface area contributed by atoms with Gasteiger partial charge in [-0.2, -0.15) is 26.3 Å². The van der Waals surface area contributed by atoms with Gasteiger partial charge in [-0.15, -0.1) is 11.3 Å². The predicted molar refractivity (Wildman–Crippen MR) is 96.9 cm³/mol. The van der Waals surface area contributed by atoms with Gasteiger partial charge in [0.2, 0.25) is 5.72 Å². The first-order valence-electron chi connectivity index (χ1n) is 7.59. The van der Waals surface area contributed by atoms with Gasteiger partial charge in [0.05, 0.1) is 28.6 Å². The second-order valence-corrected chi connectivity index (χ2v) is 8.21. The Morgan fingerprint density at radius 2 is 1.89 bits per heavy atom. The number of amidine groups is 1. The fourth-order valence-electron chi connectivity index (χ4n) is 2.47. The normalized spacial score (nSPS) is 22.3. The van der Waals surface area contributed by atoms with Crippen LogP contribution >= 0.6 is 34.7 Å². The number of alkyl halides is 6. The lowest BCUT2D eigenvalue weighted by atomic mass is 10.2. The van der Waals surface area contributed by atoms with Crippen LogP contribution in [0.3, 0.4) is 0 Å². The van der Waals surface area contributed by atoms with Gasteiger partial charge >= 0.3 is 12.4 Å². The van der Waals surface area contributed by atoms with Crippen LogP contribution in [0.25, 0.3) is 0 Å². The molecule has 1 atom stereocenters. The van der Waals surface area contributed by atoms with E-state index in [-0.39, 0.29) is 17.4 Å².